The first-order chi connectivity index (χ1) is 14.8. The zero-order valence-corrected chi connectivity index (χ0v) is 21.2. The maximum absolute atomic E-state index is 5.95. The highest BCUT2D eigenvalue weighted by atomic mass is 127. The molecule has 1 atom stereocenters. The topological polar surface area (TPSA) is 40.1 Å². The molecule has 0 aromatic heterocycles. The van der Waals surface area contributed by atoms with Gasteiger partial charge in [0.15, 0.2) is 5.96 Å². The summed E-state index contributed by atoms with van der Waals surface area (Å²) >= 11 is 0. The number of rotatable bonds is 10. The monoisotopic (exact) mass is 536 g/mol. The summed E-state index contributed by atoms with van der Waals surface area (Å²) in [5, 5.41) is 3.54. The normalized spacial score (nSPS) is 16.1. The molecule has 3 rings (SSSR count). The Labute approximate surface area is 204 Å². The molecule has 170 valence electrons. The van der Waals surface area contributed by atoms with Crippen molar-refractivity contribution in [3.05, 3.63) is 66.2 Å². The molecular formula is C25H37IN4O. The third-order valence-electron chi connectivity index (χ3n) is 5.66. The van der Waals surface area contributed by atoms with Crippen LogP contribution in [-0.4, -0.2) is 57.7 Å². The number of para-hydroxylation sites is 1. The molecule has 6 heteroatoms. The van der Waals surface area contributed by atoms with E-state index in [1.165, 1.54) is 11.3 Å². The Hall–Kier alpha value is -1.80. The van der Waals surface area contributed by atoms with Crippen LogP contribution in [0.3, 0.4) is 0 Å². The molecule has 0 aliphatic carbocycles. The number of anilines is 1. The van der Waals surface area contributed by atoms with E-state index in [2.05, 4.69) is 81.8 Å². The summed E-state index contributed by atoms with van der Waals surface area (Å²) in [7, 11) is 4.04. The van der Waals surface area contributed by atoms with Gasteiger partial charge in [-0.1, -0.05) is 48.5 Å². The molecule has 31 heavy (non-hydrogen) atoms. The molecule has 2 aromatic rings. The quantitative estimate of drug-likeness (QED) is 0.208. The van der Waals surface area contributed by atoms with E-state index in [9.17, 15) is 0 Å². The van der Waals surface area contributed by atoms with E-state index in [-0.39, 0.29) is 24.0 Å². The van der Waals surface area contributed by atoms with E-state index in [0.29, 0.717) is 12.5 Å². The molecule has 1 aliphatic rings. The Balaban J connectivity index is 0.00000341. The van der Waals surface area contributed by atoms with Crippen molar-refractivity contribution < 1.29 is 4.74 Å². The number of nitrogens with zero attached hydrogens (tertiary/aromatic N) is 3. The van der Waals surface area contributed by atoms with Crippen molar-refractivity contribution in [2.75, 3.05) is 51.8 Å². The molecule has 0 radical (unpaired) electrons. The standard InChI is InChI=1S/C25H36N4O.HI/c1-26-25(27-16-9-10-17-28(2)24-13-7-4-8-14-24)29-18-15-23(19-29)21-30-20-22-11-5-3-6-12-22;/h3-8,11-14,23H,9-10,15-21H2,1-2H3,(H,26,27);1H. The molecular weight excluding hydrogens is 499 g/mol. The van der Waals surface area contributed by atoms with Crippen LogP contribution in [0.25, 0.3) is 0 Å². The van der Waals surface area contributed by atoms with Crippen LogP contribution in [0.4, 0.5) is 5.69 Å². The number of nitrogens with one attached hydrogen (secondary N) is 1. The molecule has 5 nitrogen and oxygen atoms in total. The molecule has 0 amide bonds. The summed E-state index contributed by atoms with van der Waals surface area (Å²) in [5.74, 6) is 1.60. The summed E-state index contributed by atoms with van der Waals surface area (Å²) in [4.78, 5) is 9.18. The van der Waals surface area contributed by atoms with Crippen molar-refractivity contribution in [3.63, 3.8) is 0 Å². The number of hydrogen-bond donors (Lipinski definition) is 1. The molecule has 0 spiro atoms. The number of hydrogen-bond acceptors (Lipinski definition) is 3. The summed E-state index contributed by atoms with van der Waals surface area (Å²) in [5.41, 5.74) is 2.52. The Kier molecular flexibility index (Phi) is 11.7. The average molecular weight is 537 g/mol. The SMILES string of the molecule is CN=C(NCCCCN(C)c1ccccc1)N1CCC(COCc2ccccc2)C1.I. The van der Waals surface area contributed by atoms with E-state index in [1.54, 1.807) is 0 Å². The molecule has 1 saturated heterocycles. The van der Waals surface area contributed by atoms with Crippen LogP contribution in [0.2, 0.25) is 0 Å². The van der Waals surface area contributed by atoms with E-state index in [1.807, 2.05) is 13.1 Å². The van der Waals surface area contributed by atoms with Gasteiger partial charge in [0, 0.05) is 51.9 Å². The highest BCUT2D eigenvalue weighted by molar-refractivity contribution is 14.0. The third kappa shape index (κ3) is 8.69. The summed E-state index contributed by atoms with van der Waals surface area (Å²) in [6, 6.07) is 21.0. The lowest BCUT2D eigenvalue weighted by Gasteiger charge is -2.22. The summed E-state index contributed by atoms with van der Waals surface area (Å²) < 4.78 is 5.95. The van der Waals surface area contributed by atoms with Crippen LogP contribution < -0.4 is 10.2 Å². The molecule has 0 saturated carbocycles. The van der Waals surface area contributed by atoms with Gasteiger partial charge in [-0.05, 0) is 37.0 Å². The number of benzene rings is 2. The van der Waals surface area contributed by atoms with Gasteiger partial charge in [0.2, 0.25) is 0 Å². The largest absolute Gasteiger partial charge is 0.376 e. The molecule has 2 aromatic carbocycles. The van der Waals surface area contributed by atoms with Gasteiger partial charge in [-0.25, -0.2) is 0 Å². The second-order valence-corrected chi connectivity index (χ2v) is 8.04. The van der Waals surface area contributed by atoms with Gasteiger partial charge < -0.3 is 19.9 Å². The Morgan fingerprint density at radius 2 is 1.81 bits per heavy atom. The summed E-state index contributed by atoms with van der Waals surface area (Å²) in [6.07, 6.45) is 3.45. The lowest BCUT2D eigenvalue weighted by molar-refractivity contribution is 0.0907. The fraction of sp³-hybridized carbons (Fsp3) is 0.480. The minimum Gasteiger partial charge on any atom is -0.376 e. The van der Waals surface area contributed by atoms with Gasteiger partial charge in [-0.2, -0.15) is 0 Å². The van der Waals surface area contributed by atoms with Crippen molar-refractivity contribution in [2.45, 2.75) is 25.9 Å². The fourth-order valence-electron chi connectivity index (χ4n) is 3.90. The maximum Gasteiger partial charge on any atom is 0.193 e. The molecule has 1 unspecified atom stereocenters. The second-order valence-electron chi connectivity index (χ2n) is 8.04. The zero-order chi connectivity index (χ0) is 21.0. The first-order valence-corrected chi connectivity index (χ1v) is 11.1. The zero-order valence-electron chi connectivity index (χ0n) is 18.9. The van der Waals surface area contributed by atoms with Crippen LogP contribution in [0, 0.1) is 5.92 Å². The number of halogens is 1. The van der Waals surface area contributed by atoms with Gasteiger partial charge in [-0.3, -0.25) is 4.99 Å². The number of guanidine groups is 1. The lowest BCUT2D eigenvalue weighted by Crippen LogP contribution is -2.40. The lowest BCUT2D eigenvalue weighted by atomic mass is 10.1. The Morgan fingerprint density at radius 1 is 1.10 bits per heavy atom. The second kappa shape index (κ2) is 14.3. The van der Waals surface area contributed by atoms with Crippen LogP contribution in [-0.2, 0) is 11.3 Å². The minimum atomic E-state index is 0. The van der Waals surface area contributed by atoms with Crippen LogP contribution in [0.1, 0.15) is 24.8 Å². The van der Waals surface area contributed by atoms with Gasteiger partial charge in [0.05, 0.1) is 13.2 Å². The van der Waals surface area contributed by atoms with Crippen molar-refractivity contribution >= 4 is 35.6 Å². The molecule has 1 fully saturated rings. The number of aliphatic imine (C=N–C) groups is 1. The highest BCUT2D eigenvalue weighted by Gasteiger charge is 2.24. The van der Waals surface area contributed by atoms with E-state index >= 15 is 0 Å². The predicted octanol–water partition coefficient (Wildman–Crippen LogP) is 4.64. The molecule has 1 N–H and O–H groups in total. The van der Waals surface area contributed by atoms with Crippen molar-refractivity contribution in [2.24, 2.45) is 10.9 Å². The van der Waals surface area contributed by atoms with Crippen LogP contribution >= 0.6 is 24.0 Å². The molecule has 1 aliphatic heterocycles. The van der Waals surface area contributed by atoms with Gasteiger partial charge in [-0.15, -0.1) is 24.0 Å². The van der Waals surface area contributed by atoms with Crippen molar-refractivity contribution in [1.82, 2.24) is 10.2 Å². The van der Waals surface area contributed by atoms with E-state index in [0.717, 1.165) is 58.0 Å². The average Bonchev–Trinajstić information content (AvgIpc) is 3.26. The Bertz CT molecular complexity index is 757. The number of likely N-dealkylation sites (tertiary alicyclic amines) is 1. The minimum absolute atomic E-state index is 0. The third-order valence-corrected chi connectivity index (χ3v) is 5.66. The number of ether oxygens (including phenoxy) is 1. The van der Waals surface area contributed by atoms with Gasteiger partial charge in [0.1, 0.15) is 0 Å². The predicted molar refractivity (Wildman–Crippen MR) is 142 cm³/mol. The highest BCUT2D eigenvalue weighted by Crippen LogP contribution is 2.17. The maximum atomic E-state index is 5.95. The number of unbranched alkanes of at least 4 members (excludes halogenated alkanes) is 1. The molecule has 1 heterocycles. The molecule has 0 bridgehead atoms. The van der Waals surface area contributed by atoms with E-state index in [4.69, 9.17) is 4.74 Å². The van der Waals surface area contributed by atoms with Crippen molar-refractivity contribution in [1.29, 1.82) is 0 Å². The fourth-order valence-corrected chi connectivity index (χ4v) is 3.90. The van der Waals surface area contributed by atoms with Crippen molar-refractivity contribution in [3.8, 4) is 0 Å². The first kappa shape index (κ1) is 25.5. The first-order valence-electron chi connectivity index (χ1n) is 11.1. The van der Waals surface area contributed by atoms with Gasteiger partial charge >= 0.3 is 0 Å². The van der Waals surface area contributed by atoms with Crippen LogP contribution in [0.5, 0.6) is 0 Å². The smallest absolute Gasteiger partial charge is 0.193 e. The van der Waals surface area contributed by atoms with Gasteiger partial charge in [0.25, 0.3) is 0 Å². The Morgan fingerprint density at radius 3 is 2.52 bits per heavy atom. The van der Waals surface area contributed by atoms with E-state index < -0.39 is 0 Å². The summed E-state index contributed by atoms with van der Waals surface area (Å²) in [6.45, 7) is 5.60. The van der Waals surface area contributed by atoms with Crippen LogP contribution in [0.15, 0.2) is 65.7 Å².